The van der Waals surface area contributed by atoms with Crippen molar-refractivity contribution < 1.29 is 42.9 Å². The first kappa shape index (κ1) is 93.6. The predicted molar refractivity (Wildman–Crippen MR) is 425 cm³/mol. The summed E-state index contributed by atoms with van der Waals surface area (Å²) in [4.78, 5) is 37.6. The zero-order valence-corrected chi connectivity index (χ0v) is 64.3. The Balaban J connectivity index is 4.06. The summed E-state index contributed by atoms with van der Waals surface area (Å²) in [6.45, 7) is 4.53. The second-order valence-electron chi connectivity index (χ2n) is 27.6. The Hall–Kier alpha value is -5.35. The van der Waals surface area contributed by atoms with Gasteiger partial charge in [0.1, 0.15) is 13.2 Å². The van der Waals surface area contributed by atoms with Crippen LogP contribution in [-0.4, -0.2) is 82.3 Å². The molecule has 0 bridgehead atoms. The highest BCUT2D eigenvalue weighted by Gasteiger charge is 2.22. The van der Waals surface area contributed by atoms with Gasteiger partial charge >= 0.3 is 11.9 Å². The van der Waals surface area contributed by atoms with Gasteiger partial charge in [0, 0.05) is 12.8 Å². The van der Waals surface area contributed by atoms with Crippen molar-refractivity contribution in [1.82, 2.24) is 0 Å². The number of aliphatic carboxylic acids is 1. The number of hydrogen-bond acceptors (Lipinski definition) is 8. The van der Waals surface area contributed by atoms with Gasteiger partial charge in [0.25, 0.3) is 0 Å². The van der Waals surface area contributed by atoms with E-state index in [9.17, 15) is 19.5 Å². The summed E-state index contributed by atoms with van der Waals surface area (Å²) < 4.78 is 22.9. The van der Waals surface area contributed by atoms with Crippen molar-refractivity contribution in [3.05, 3.63) is 170 Å². The summed E-state index contributed by atoms with van der Waals surface area (Å²) in [5.74, 6) is -2.28. The van der Waals surface area contributed by atoms with Gasteiger partial charge in [-0.1, -0.05) is 351 Å². The number of carbonyl (C=O) groups is 3. The average Bonchev–Trinajstić information content (AvgIpc) is 1.14. The number of unbranched alkanes of at least 4 members (excludes halogenated alkanes) is 30. The minimum atomic E-state index is -1.63. The van der Waals surface area contributed by atoms with Gasteiger partial charge in [0.05, 0.1) is 40.3 Å². The van der Waals surface area contributed by atoms with Crippen LogP contribution in [0, 0.1) is 0 Å². The van der Waals surface area contributed by atoms with E-state index in [1.165, 1.54) is 161 Å². The monoisotopic (exact) mass is 1370 g/mol. The number of likely N-dealkylation sites (N-methyl/N-ethyl adjacent to an activating group) is 1. The molecule has 0 N–H and O–H groups in total. The van der Waals surface area contributed by atoms with E-state index in [0.717, 1.165) is 128 Å². The number of ether oxygens (including phenoxy) is 4. The van der Waals surface area contributed by atoms with Crippen LogP contribution in [0.3, 0.4) is 0 Å². The second kappa shape index (κ2) is 78.4. The molecule has 562 valence electrons. The third-order valence-corrected chi connectivity index (χ3v) is 17.0. The molecule has 9 heteroatoms. The van der Waals surface area contributed by atoms with Crippen molar-refractivity contribution in [3.8, 4) is 0 Å². The van der Waals surface area contributed by atoms with Crippen LogP contribution in [0.25, 0.3) is 0 Å². The number of esters is 2. The SMILES string of the molecule is CC/C=C\C/C=C\C/C=C\C/C=C\C/C=C\C/C=C\C/C=C\C/C=C\CCCCCCCCCCCCCCCCC(=O)OC(COC(=O)CCCCCCCCCCCCCCCCCC/C=C\C/C=C\C/C=C\C/C=C\C/C=C\C/C=C\CC)COC(OCC[N+](C)(C)C)C(=O)[O-]. The molecule has 2 atom stereocenters. The molecular weight excluding hydrogens is 1220 g/mol. The molecule has 99 heavy (non-hydrogen) atoms. The lowest BCUT2D eigenvalue weighted by Crippen LogP contribution is -2.44. The van der Waals surface area contributed by atoms with Gasteiger partial charge in [-0.3, -0.25) is 9.59 Å². The number of carboxylic acid groups (broad SMARTS) is 1. The van der Waals surface area contributed by atoms with Crippen molar-refractivity contribution >= 4 is 17.9 Å². The van der Waals surface area contributed by atoms with Gasteiger partial charge in [0.2, 0.25) is 0 Å². The van der Waals surface area contributed by atoms with E-state index in [0.29, 0.717) is 17.4 Å². The first-order valence-electron chi connectivity index (χ1n) is 40.3. The first-order chi connectivity index (χ1) is 48.6. The van der Waals surface area contributed by atoms with Gasteiger partial charge in [0.15, 0.2) is 12.4 Å². The quantitative estimate of drug-likeness (QED) is 0.0195. The van der Waals surface area contributed by atoms with E-state index in [1.54, 1.807) is 0 Å². The maximum absolute atomic E-state index is 13.0. The van der Waals surface area contributed by atoms with Crippen molar-refractivity contribution in [2.45, 2.75) is 334 Å². The van der Waals surface area contributed by atoms with Crippen LogP contribution >= 0.6 is 0 Å². The lowest BCUT2D eigenvalue weighted by Gasteiger charge is -2.26. The molecule has 0 aliphatic carbocycles. The van der Waals surface area contributed by atoms with Gasteiger partial charge in [-0.15, -0.1) is 0 Å². The van der Waals surface area contributed by atoms with E-state index < -0.39 is 24.3 Å². The zero-order valence-electron chi connectivity index (χ0n) is 64.3. The molecular formula is C90H149NO8. The molecule has 0 heterocycles. The van der Waals surface area contributed by atoms with Crippen LogP contribution in [-0.2, 0) is 33.3 Å². The van der Waals surface area contributed by atoms with Gasteiger partial charge in [-0.25, -0.2) is 0 Å². The second-order valence-corrected chi connectivity index (χ2v) is 27.6. The largest absolute Gasteiger partial charge is 0.545 e. The molecule has 0 fully saturated rings. The number of hydrogen-bond donors (Lipinski definition) is 0. The molecule has 0 aliphatic heterocycles. The lowest BCUT2D eigenvalue weighted by molar-refractivity contribution is -0.870. The fourth-order valence-corrected chi connectivity index (χ4v) is 10.9. The Morgan fingerprint density at radius 3 is 0.808 bits per heavy atom. The van der Waals surface area contributed by atoms with E-state index in [2.05, 4.69) is 184 Å². The fraction of sp³-hybridized carbons (Fsp3) is 0.656. The maximum atomic E-state index is 13.0. The molecule has 0 spiro atoms. The Kier molecular flexibility index (Phi) is 74.1. The number of rotatable bonds is 73. The Morgan fingerprint density at radius 1 is 0.303 bits per heavy atom. The summed E-state index contributed by atoms with van der Waals surface area (Å²) in [5, 5.41) is 11.9. The number of carbonyl (C=O) groups excluding carboxylic acids is 3. The molecule has 0 aromatic carbocycles. The van der Waals surface area contributed by atoms with Crippen LogP contribution in [0.4, 0.5) is 0 Å². The van der Waals surface area contributed by atoms with Crippen LogP contribution < -0.4 is 5.11 Å². The third kappa shape index (κ3) is 79.8. The molecule has 0 amide bonds. The highest BCUT2D eigenvalue weighted by atomic mass is 16.7. The first-order valence-corrected chi connectivity index (χ1v) is 40.3. The van der Waals surface area contributed by atoms with E-state index in [1.807, 2.05) is 21.1 Å². The van der Waals surface area contributed by atoms with Crippen molar-refractivity contribution in [1.29, 1.82) is 0 Å². The summed E-state index contributed by atoms with van der Waals surface area (Å²) >= 11 is 0. The predicted octanol–water partition coefficient (Wildman–Crippen LogP) is 24.8. The van der Waals surface area contributed by atoms with Gasteiger partial charge < -0.3 is 33.3 Å². The summed E-state index contributed by atoms with van der Waals surface area (Å²) in [6.07, 6.45) is 115. The molecule has 0 rings (SSSR count). The number of carboxylic acids is 1. The van der Waals surface area contributed by atoms with Gasteiger partial charge in [-0.2, -0.15) is 0 Å². The third-order valence-electron chi connectivity index (χ3n) is 17.0. The van der Waals surface area contributed by atoms with Crippen molar-refractivity contribution in [2.75, 3.05) is 47.5 Å². The molecule has 0 radical (unpaired) electrons. The maximum Gasteiger partial charge on any atom is 0.306 e. The van der Waals surface area contributed by atoms with E-state index in [4.69, 9.17) is 18.9 Å². The molecule has 0 aromatic rings. The lowest BCUT2D eigenvalue weighted by atomic mass is 10.0. The summed E-state index contributed by atoms with van der Waals surface area (Å²) in [7, 11) is 5.93. The van der Waals surface area contributed by atoms with Crippen molar-refractivity contribution in [2.24, 2.45) is 0 Å². The number of quaternary nitrogens is 1. The Labute approximate surface area is 609 Å². The topological polar surface area (TPSA) is 111 Å². The van der Waals surface area contributed by atoms with Crippen LogP contribution in [0.5, 0.6) is 0 Å². The van der Waals surface area contributed by atoms with Crippen molar-refractivity contribution in [3.63, 3.8) is 0 Å². The molecule has 0 saturated carbocycles. The minimum Gasteiger partial charge on any atom is -0.545 e. The summed E-state index contributed by atoms with van der Waals surface area (Å²) in [6, 6.07) is 0. The summed E-state index contributed by atoms with van der Waals surface area (Å²) in [5.41, 5.74) is 0. The zero-order chi connectivity index (χ0) is 71.8. The fourth-order valence-electron chi connectivity index (χ4n) is 10.9. The highest BCUT2D eigenvalue weighted by Crippen LogP contribution is 2.18. The van der Waals surface area contributed by atoms with Crippen LogP contribution in [0.15, 0.2) is 170 Å². The number of allylic oxidation sites excluding steroid dienone is 28. The molecule has 0 aromatic heterocycles. The molecule has 0 aliphatic rings. The van der Waals surface area contributed by atoms with E-state index >= 15 is 0 Å². The molecule has 2 unspecified atom stereocenters. The normalized spacial score (nSPS) is 13.6. The van der Waals surface area contributed by atoms with Crippen LogP contribution in [0.2, 0.25) is 0 Å². The Bertz CT molecular complexity index is 2240. The average molecular weight is 1370 g/mol. The van der Waals surface area contributed by atoms with E-state index in [-0.39, 0.29) is 38.6 Å². The minimum absolute atomic E-state index is 0.142. The smallest absolute Gasteiger partial charge is 0.306 e. The Morgan fingerprint density at radius 2 is 0.545 bits per heavy atom. The number of nitrogens with zero attached hydrogens (tertiary/aromatic N) is 1. The van der Waals surface area contributed by atoms with Crippen LogP contribution in [0.1, 0.15) is 322 Å². The molecule has 9 nitrogen and oxygen atoms in total. The highest BCUT2D eigenvalue weighted by molar-refractivity contribution is 5.70. The standard InChI is InChI=1S/C90H149NO8/c1-6-8-10-12-14-16-18-20-22-24-26-28-30-32-34-36-38-40-42-43-44-45-47-49-51-53-55-57-59-61-63-65-67-69-71-73-75-77-79-81-88(93)99-86(85-98-90(89(94)95)96-83-82-91(3,4)5)84-97-87(92)80-78-76-74-72-70-68-66-64-62-60-58-56-54-52-50-48-46-41-39-37-35-33-31-29-27-25-23-21-19-17-15-13-11-9-7-2/h8-11,14-17,20-23,26-29,32-35,38-41,43-44,47,49,86,90H,6-7,12-13,18-19,24-25,30-31,36-37,42,45-46,48,50-85H2,1-5H3/b10-8-,11-9-,16-14-,17-15-,22-20-,23-21-,28-26-,29-27-,34-32-,35-33-,40-38-,41-39-,44-43-,49-47-. The molecule has 0 saturated heterocycles. The van der Waals surface area contributed by atoms with Gasteiger partial charge in [-0.05, 0) is 128 Å².